The number of methoxy groups -OCH3 is 1. The normalized spacial score (nSPS) is 13.6. The minimum atomic E-state index is -0.833. The van der Waals surface area contributed by atoms with E-state index in [1.807, 2.05) is 54.6 Å². The standard InChI is InChI=1S/C34H33N3O4.C2H4O2/c1-22(38)36-26-9-11-27(12-10-26)41-21-25-18-24(8-15-32(25)39-2)33-34-29(16-17-35-33)30-19-28(13-14-31(30)37-34)40-20-23-6-4-3-5-7-23;1-2(3)4/h3-15,18-19,33,35,37H,16-17,20-21H2,1-2H3,(H,36,38);1H3,(H,3,4). The molecule has 45 heavy (non-hydrogen) atoms. The summed E-state index contributed by atoms with van der Waals surface area (Å²) < 4.78 is 17.9. The maximum absolute atomic E-state index is 11.3. The van der Waals surface area contributed by atoms with Gasteiger partial charge >= 0.3 is 0 Å². The Kier molecular flexibility index (Phi) is 10.0. The number of nitrogens with one attached hydrogen (secondary N) is 3. The van der Waals surface area contributed by atoms with Crippen LogP contribution in [0.3, 0.4) is 0 Å². The van der Waals surface area contributed by atoms with Crippen molar-refractivity contribution in [3.8, 4) is 17.2 Å². The van der Waals surface area contributed by atoms with Gasteiger partial charge in [0.15, 0.2) is 0 Å². The van der Waals surface area contributed by atoms with E-state index >= 15 is 0 Å². The van der Waals surface area contributed by atoms with Crippen molar-refractivity contribution in [1.29, 1.82) is 0 Å². The third kappa shape index (κ3) is 8.01. The van der Waals surface area contributed by atoms with Crippen LogP contribution < -0.4 is 24.8 Å². The molecule has 1 aliphatic rings. The fraction of sp³-hybridized carbons (Fsp3) is 0.222. The molecule has 0 saturated heterocycles. The van der Waals surface area contributed by atoms with E-state index in [4.69, 9.17) is 24.1 Å². The molecule has 1 aromatic heterocycles. The van der Waals surface area contributed by atoms with Crippen molar-refractivity contribution < 1.29 is 28.9 Å². The molecule has 0 saturated carbocycles. The summed E-state index contributed by atoms with van der Waals surface area (Å²) in [7, 11) is 1.67. The fourth-order valence-electron chi connectivity index (χ4n) is 5.41. The fourth-order valence-corrected chi connectivity index (χ4v) is 5.41. The highest BCUT2D eigenvalue weighted by molar-refractivity contribution is 5.88. The number of carbonyl (C=O) groups is 2. The van der Waals surface area contributed by atoms with E-state index in [0.717, 1.165) is 59.3 Å². The summed E-state index contributed by atoms with van der Waals surface area (Å²) in [5.74, 6) is 1.42. The number of benzene rings is 4. The number of rotatable bonds is 9. The molecule has 9 heteroatoms. The van der Waals surface area contributed by atoms with Crippen molar-refractivity contribution in [2.75, 3.05) is 19.0 Å². The van der Waals surface area contributed by atoms with Crippen LogP contribution in [0.1, 0.15) is 47.8 Å². The van der Waals surface area contributed by atoms with Crippen LogP contribution in [-0.4, -0.2) is 35.6 Å². The summed E-state index contributed by atoms with van der Waals surface area (Å²) in [6.07, 6.45) is 0.939. The van der Waals surface area contributed by atoms with Crippen molar-refractivity contribution >= 4 is 28.5 Å². The zero-order valence-electron chi connectivity index (χ0n) is 25.6. The van der Waals surface area contributed by atoms with Gasteiger partial charge in [0.05, 0.1) is 13.2 Å². The molecule has 1 amide bonds. The maximum Gasteiger partial charge on any atom is 0.300 e. The lowest BCUT2D eigenvalue weighted by molar-refractivity contribution is -0.134. The molecule has 4 aromatic carbocycles. The SMILES string of the molecule is CC(=O)O.COc1ccc(C2NCCc3c2[nH]c2ccc(OCc4ccccc4)cc32)cc1COc1ccc(NC(C)=O)cc1. The predicted octanol–water partition coefficient (Wildman–Crippen LogP) is 6.62. The number of aliphatic carboxylic acids is 1. The molecule has 4 N–H and O–H groups in total. The van der Waals surface area contributed by atoms with Crippen LogP contribution in [0.25, 0.3) is 10.9 Å². The average Bonchev–Trinajstić information content (AvgIpc) is 3.41. The number of carbonyl (C=O) groups excluding carboxylic acids is 1. The van der Waals surface area contributed by atoms with Crippen molar-refractivity contribution in [3.63, 3.8) is 0 Å². The van der Waals surface area contributed by atoms with Crippen molar-refractivity contribution in [2.24, 2.45) is 0 Å². The number of hydrogen-bond donors (Lipinski definition) is 4. The molecule has 0 aliphatic carbocycles. The first-order valence-electron chi connectivity index (χ1n) is 14.7. The molecule has 9 nitrogen and oxygen atoms in total. The number of hydrogen-bond acceptors (Lipinski definition) is 6. The van der Waals surface area contributed by atoms with Gasteiger partial charge in [-0.15, -0.1) is 0 Å². The molecular weight excluding hydrogens is 570 g/mol. The van der Waals surface area contributed by atoms with Crippen LogP contribution in [0.2, 0.25) is 0 Å². The number of fused-ring (bicyclic) bond motifs is 3. The predicted molar refractivity (Wildman–Crippen MR) is 174 cm³/mol. The molecule has 5 aromatic rings. The molecule has 0 bridgehead atoms. The number of aromatic amines is 1. The van der Waals surface area contributed by atoms with E-state index in [0.29, 0.717) is 19.0 Å². The largest absolute Gasteiger partial charge is 0.496 e. The van der Waals surface area contributed by atoms with Crippen LogP contribution in [0.15, 0.2) is 91.0 Å². The first-order valence-corrected chi connectivity index (χ1v) is 14.7. The van der Waals surface area contributed by atoms with Gasteiger partial charge in [0.2, 0.25) is 5.91 Å². The number of carboxylic acids is 1. The Morgan fingerprint density at radius 3 is 2.31 bits per heavy atom. The van der Waals surface area contributed by atoms with Crippen LogP contribution in [0.5, 0.6) is 17.2 Å². The summed E-state index contributed by atoms with van der Waals surface area (Å²) in [6.45, 7) is 4.34. The van der Waals surface area contributed by atoms with Crippen LogP contribution in [-0.2, 0) is 29.2 Å². The molecule has 0 spiro atoms. The van der Waals surface area contributed by atoms with E-state index < -0.39 is 5.97 Å². The minimum absolute atomic E-state index is 0.0152. The molecule has 1 aliphatic heterocycles. The zero-order valence-corrected chi connectivity index (χ0v) is 25.6. The molecule has 6 rings (SSSR count). The molecule has 0 radical (unpaired) electrons. The second-order valence-electron chi connectivity index (χ2n) is 10.7. The Morgan fingerprint density at radius 2 is 1.60 bits per heavy atom. The van der Waals surface area contributed by atoms with Gasteiger partial charge in [-0.05, 0) is 77.7 Å². The molecule has 1 atom stereocenters. The van der Waals surface area contributed by atoms with Crippen LogP contribution in [0, 0.1) is 0 Å². The van der Waals surface area contributed by atoms with Gasteiger partial charge in [0.25, 0.3) is 5.97 Å². The lowest BCUT2D eigenvalue weighted by Gasteiger charge is -2.25. The molecule has 2 heterocycles. The second kappa shape index (κ2) is 14.5. The van der Waals surface area contributed by atoms with E-state index in [1.165, 1.54) is 23.6 Å². The van der Waals surface area contributed by atoms with E-state index in [2.05, 4.69) is 52.0 Å². The van der Waals surface area contributed by atoms with E-state index in [1.54, 1.807) is 7.11 Å². The first kappa shape index (κ1) is 31.2. The Labute approximate surface area is 262 Å². The van der Waals surface area contributed by atoms with Gasteiger partial charge in [-0.2, -0.15) is 0 Å². The van der Waals surface area contributed by atoms with Gasteiger partial charge in [-0.25, -0.2) is 0 Å². The Morgan fingerprint density at radius 1 is 0.889 bits per heavy atom. The molecular formula is C36H37N3O6. The summed E-state index contributed by atoms with van der Waals surface area (Å²) in [6, 6.07) is 30.1. The minimum Gasteiger partial charge on any atom is -0.496 e. The number of anilines is 1. The van der Waals surface area contributed by atoms with Gasteiger partial charge in [0.1, 0.15) is 30.5 Å². The Hall–Kier alpha value is -5.28. The topological polar surface area (TPSA) is 122 Å². The highest BCUT2D eigenvalue weighted by Crippen LogP contribution is 2.36. The summed E-state index contributed by atoms with van der Waals surface area (Å²) in [5.41, 5.74) is 7.58. The molecule has 1 unspecified atom stereocenters. The molecule has 232 valence electrons. The highest BCUT2D eigenvalue weighted by atomic mass is 16.5. The van der Waals surface area contributed by atoms with Crippen molar-refractivity contribution in [1.82, 2.24) is 10.3 Å². The van der Waals surface area contributed by atoms with E-state index in [9.17, 15) is 4.79 Å². The van der Waals surface area contributed by atoms with E-state index in [-0.39, 0.29) is 11.9 Å². The van der Waals surface area contributed by atoms with Crippen molar-refractivity contribution in [3.05, 3.63) is 119 Å². The summed E-state index contributed by atoms with van der Waals surface area (Å²) in [4.78, 5) is 24.0. The number of amides is 1. The number of H-pyrrole nitrogens is 1. The van der Waals surface area contributed by atoms with Crippen LogP contribution >= 0.6 is 0 Å². The first-order chi connectivity index (χ1) is 21.8. The third-order valence-corrected chi connectivity index (χ3v) is 7.38. The average molecular weight is 608 g/mol. The monoisotopic (exact) mass is 607 g/mol. The van der Waals surface area contributed by atoms with Gasteiger partial charge in [-0.1, -0.05) is 36.4 Å². The molecule has 0 fully saturated rings. The zero-order chi connectivity index (χ0) is 31.8. The second-order valence-corrected chi connectivity index (χ2v) is 10.7. The third-order valence-electron chi connectivity index (χ3n) is 7.38. The van der Waals surface area contributed by atoms with Gasteiger partial charge < -0.3 is 34.9 Å². The lowest BCUT2D eigenvalue weighted by Crippen LogP contribution is -2.30. The Bertz CT molecular complexity index is 1760. The maximum atomic E-state index is 11.3. The van der Waals surface area contributed by atoms with Gasteiger partial charge in [0, 0.05) is 48.2 Å². The summed E-state index contributed by atoms with van der Waals surface area (Å²) >= 11 is 0. The number of aromatic nitrogens is 1. The van der Waals surface area contributed by atoms with Crippen LogP contribution in [0.4, 0.5) is 5.69 Å². The highest BCUT2D eigenvalue weighted by Gasteiger charge is 2.26. The smallest absolute Gasteiger partial charge is 0.300 e. The Balaban J connectivity index is 0.000000945. The lowest BCUT2D eigenvalue weighted by atomic mass is 9.93. The number of ether oxygens (including phenoxy) is 3. The summed E-state index contributed by atoms with van der Waals surface area (Å²) in [5, 5.41) is 15.1. The van der Waals surface area contributed by atoms with Crippen molar-refractivity contribution in [2.45, 2.75) is 39.5 Å². The number of carboxylic acid groups (broad SMARTS) is 1. The van der Waals surface area contributed by atoms with Gasteiger partial charge in [-0.3, -0.25) is 9.59 Å². The quantitative estimate of drug-likeness (QED) is 0.149.